The number of halogens is 3. The third kappa shape index (κ3) is 3.14. The van der Waals surface area contributed by atoms with E-state index in [1.54, 1.807) is 0 Å². The average molecular weight is 309 g/mol. The molecule has 1 aliphatic heterocycles. The highest BCUT2D eigenvalue weighted by Crippen LogP contribution is 2.33. The number of rotatable bonds is 2. The minimum atomic E-state index is -4.52. The molecule has 0 bridgehead atoms. The molecule has 0 aliphatic carbocycles. The van der Waals surface area contributed by atoms with Gasteiger partial charge >= 0.3 is 6.18 Å². The lowest BCUT2D eigenvalue weighted by molar-refractivity contribution is -0.137. The molecule has 1 aliphatic rings. The van der Waals surface area contributed by atoms with Crippen molar-refractivity contribution in [3.05, 3.63) is 17.7 Å². The van der Waals surface area contributed by atoms with Crippen LogP contribution in [0.25, 0.3) is 0 Å². The number of pyridine rings is 1. The second-order valence-electron chi connectivity index (χ2n) is 4.80. The van der Waals surface area contributed by atoms with Crippen LogP contribution in [0.1, 0.15) is 12.0 Å². The van der Waals surface area contributed by atoms with Crippen LogP contribution in [0, 0.1) is 0 Å². The summed E-state index contributed by atoms with van der Waals surface area (Å²) in [6.07, 6.45) is -4.15. The van der Waals surface area contributed by atoms with Crippen molar-refractivity contribution in [1.82, 2.24) is 4.98 Å². The highest BCUT2D eigenvalue weighted by atomic mass is 32.2. The van der Waals surface area contributed by atoms with Crippen molar-refractivity contribution in [2.45, 2.75) is 18.6 Å². The van der Waals surface area contributed by atoms with Gasteiger partial charge in [-0.3, -0.25) is 0 Å². The molecule has 9 heteroatoms. The monoisotopic (exact) mass is 309 g/mol. The number of anilines is 2. The Morgan fingerprint density at radius 3 is 2.55 bits per heavy atom. The first-order valence-electron chi connectivity index (χ1n) is 5.86. The first kappa shape index (κ1) is 14.9. The number of nitrogens with two attached hydrogens (primary N) is 1. The van der Waals surface area contributed by atoms with Gasteiger partial charge in [-0.25, -0.2) is 13.4 Å². The maximum absolute atomic E-state index is 12.7. The molecule has 0 saturated carbocycles. The Morgan fingerprint density at radius 2 is 2.05 bits per heavy atom. The van der Waals surface area contributed by atoms with Crippen LogP contribution in [-0.2, 0) is 16.0 Å². The van der Waals surface area contributed by atoms with Crippen LogP contribution in [0.15, 0.2) is 12.1 Å². The quantitative estimate of drug-likeness (QED) is 0.891. The predicted octanol–water partition coefficient (Wildman–Crippen LogP) is 1.31. The Balaban J connectivity index is 2.31. The molecular formula is C11H14F3N3O2S. The topological polar surface area (TPSA) is 76.3 Å². The highest BCUT2D eigenvalue weighted by molar-refractivity contribution is 7.91. The molecule has 2 heterocycles. The minimum absolute atomic E-state index is 0.0272. The van der Waals surface area contributed by atoms with Gasteiger partial charge in [0.2, 0.25) is 0 Å². The first-order valence-corrected chi connectivity index (χ1v) is 7.69. The maximum atomic E-state index is 12.7. The van der Waals surface area contributed by atoms with Crippen LogP contribution >= 0.6 is 0 Å². The summed E-state index contributed by atoms with van der Waals surface area (Å²) in [5.41, 5.74) is 4.49. The van der Waals surface area contributed by atoms with E-state index >= 15 is 0 Å². The summed E-state index contributed by atoms with van der Waals surface area (Å²) < 4.78 is 61.0. The van der Waals surface area contributed by atoms with Crippen LogP contribution in [0.3, 0.4) is 0 Å². The van der Waals surface area contributed by atoms with Crippen molar-refractivity contribution in [3.8, 4) is 0 Å². The molecule has 5 nitrogen and oxygen atoms in total. The zero-order valence-corrected chi connectivity index (χ0v) is 11.5. The summed E-state index contributed by atoms with van der Waals surface area (Å²) in [5, 5.41) is 0. The van der Waals surface area contributed by atoms with Gasteiger partial charge in [0.05, 0.1) is 17.1 Å². The van der Waals surface area contributed by atoms with Gasteiger partial charge in [-0.1, -0.05) is 0 Å². The number of nitrogen functional groups attached to an aromatic ring is 1. The number of alkyl halides is 3. The van der Waals surface area contributed by atoms with Crippen LogP contribution < -0.4 is 10.6 Å². The fourth-order valence-electron chi connectivity index (χ4n) is 2.15. The molecule has 1 saturated heterocycles. The van der Waals surface area contributed by atoms with Crippen molar-refractivity contribution < 1.29 is 21.6 Å². The normalized spacial score (nSPS) is 21.9. The Hall–Kier alpha value is -1.51. The number of nitrogens with zero attached hydrogens (tertiary/aromatic N) is 2. The van der Waals surface area contributed by atoms with Crippen molar-refractivity contribution in [2.75, 3.05) is 29.2 Å². The zero-order valence-electron chi connectivity index (χ0n) is 10.7. The number of hydrogen-bond acceptors (Lipinski definition) is 5. The van der Waals surface area contributed by atoms with Crippen molar-refractivity contribution in [1.29, 1.82) is 0 Å². The third-order valence-corrected chi connectivity index (χ3v) is 5.03. The van der Waals surface area contributed by atoms with E-state index in [-0.39, 0.29) is 29.2 Å². The molecular weight excluding hydrogens is 295 g/mol. The van der Waals surface area contributed by atoms with Crippen LogP contribution in [0.2, 0.25) is 0 Å². The molecule has 1 fully saturated rings. The van der Waals surface area contributed by atoms with Gasteiger partial charge in [-0.2, -0.15) is 13.2 Å². The van der Waals surface area contributed by atoms with Gasteiger partial charge in [0.25, 0.3) is 0 Å². The van der Waals surface area contributed by atoms with E-state index in [1.165, 1.54) is 11.9 Å². The highest BCUT2D eigenvalue weighted by Gasteiger charge is 2.34. The Kier molecular flexibility index (Phi) is 3.57. The van der Waals surface area contributed by atoms with E-state index in [0.29, 0.717) is 6.42 Å². The minimum Gasteiger partial charge on any atom is -0.384 e. The van der Waals surface area contributed by atoms with Crippen LogP contribution in [0.4, 0.5) is 24.8 Å². The lowest BCUT2D eigenvalue weighted by atomic mass is 10.2. The standard InChI is InChI=1S/C11H14F3N3O2S/c1-17(8-2-3-20(18,19)6-8)10-5-7(11(12,13)14)4-9(15)16-10/h4-5,8H,2-3,6H2,1H3,(H2,15,16). The van der Waals surface area contributed by atoms with E-state index in [2.05, 4.69) is 4.98 Å². The average Bonchev–Trinajstić information content (AvgIpc) is 2.67. The van der Waals surface area contributed by atoms with Gasteiger partial charge in [-0.15, -0.1) is 0 Å². The largest absolute Gasteiger partial charge is 0.416 e. The van der Waals surface area contributed by atoms with Crippen LogP contribution in [-0.4, -0.2) is 38.0 Å². The lowest BCUT2D eigenvalue weighted by Crippen LogP contribution is -2.33. The summed E-state index contributed by atoms with van der Waals surface area (Å²) in [6.45, 7) is 0. The fourth-order valence-corrected chi connectivity index (χ4v) is 3.92. The fraction of sp³-hybridized carbons (Fsp3) is 0.545. The van der Waals surface area contributed by atoms with Crippen molar-refractivity contribution in [2.24, 2.45) is 0 Å². The molecule has 2 N–H and O–H groups in total. The van der Waals surface area contributed by atoms with E-state index in [9.17, 15) is 21.6 Å². The molecule has 112 valence electrons. The van der Waals surface area contributed by atoms with Gasteiger partial charge in [0.1, 0.15) is 11.6 Å². The Bertz CT molecular complexity index is 616. The molecule has 0 amide bonds. The Morgan fingerprint density at radius 1 is 1.40 bits per heavy atom. The maximum Gasteiger partial charge on any atom is 0.416 e. The SMILES string of the molecule is CN(c1cc(C(F)(F)F)cc(N)n1)C1CCS(=O)(=O)C1. The summed E-state index contributed by atoms with van der Waals surface area (Å²) >= 11 is 0. The van der Waals surface area contributed by atoms with Crippen molar-refractivity contribution in [3.63, 3.8) is 0 Å². The summed E-state index contributed by atoms with van der Waals surface area (Å²) in [6, 6.07) is 1.25. The number of aromatic nitrogens is 1. The lowest BCUT2D eigenvalue weighted by Gasteiger charge is -2.25. The number of sulfone groups is 1. The molecule has 1 aromatic rings. The second kappa shape index (κ2) is 4.80. The zero-order chi connectivity index (χ0) is 15.1. The van der Waals surface area contributed by atoms with Gasteiger partial charge in [0, 0.05) is 13.1 Å². The van der Waals surface area contributed by atoms with Gasteiger partial charge < -0.3 is 10.6 Å². The molecule has 1 unspecified atom stereocenters. The molecule has 0 spiro atoms. The molecule has 1 aromatic heterocycles. The van der Waals surface area contributed by atoms with Crippen LogP contribution in [0.5, 0.6) is 0 Å². The molecule has 20 heavy (non-hydrogen) atoms. The predicted molar refractivity (Wildman–Crippen MR) is 69.1 cm³/mol. The van der Waals surface area contributed by atoms with Gasteiger partial charge in [-0.05, 0) is 18.6 Å². The first-order chi connectivity index (χ1) is 9.08. The molecule has 1 atom stereocenters. The van der Waals surface area contributed by atoms with E-state index in [1.807, 2.05) is 0 Å². The summed E-state index contributed by atoms with van der Waals surface area (Å²) in [7, 11) is -1.60. The number of hydrogen-bond donors (Lipinski definition) is 1. The van der Waals surface area contributed by atoms with Crippen molar-refractivity contribution >= 4 is 21.5 Å². The van der Waals surface area contributed by atoms with E-state index < -0.39 is 21.6 Å². The second-order valence-corrected chi connectivity index (χ2v) is 7.03. The Labute approximate surface area is 114 Å². The van der Waals surface area contributed by atoms with Gasteiger partial charge in [0.15, 0.2) is 9.84 Å². The molecule has 0 aromatic carbocycles. The van der Waals surface area contributed by atoms with E-state index in [0.717, 1.165) is 12.1 Å². The molecule has 2 rings (SSSR count). The van der Waals surface area contributed by atoms with E-state index in [4.69, 9.17) is 5.73 Å². The summed E-state index contributed by atoms with van der Waals surface area (Å²) in [5.74, 6) is -0.264. The summed E-state index contributed by atoms with van der Waals surface area (Å²) in [4.78, 5) is 5.29. The smallest absolute Gasteiger partial charge is 0.384 e. The third-order valence-electron chi connectivity index (χ3n) is 3.28. The molecule has 0 radical (unpaired) electrons.